The summed E-state index contributed by atoms with van der Waals surface area (Å²) in [6, 6.07) is 10.3. The highest BCUT2D eigenvalue weighted by Crippen LogP contribution is 2.36. The molecule has 0 amide bonds. The Kier molecular flexibility index (Phi) is 4.16. The SMILES string of the molecule is CC(C)(C)n1ccc(Cn2cc(-c3nc(N)nc4c3CCc3ccccc3-4)nn2)n1. The summed E-state index contributed by atoms with van der Waals surface area (Å²) in [5, 5.41) is 13.3. The molecule has 0 atom stereocenters. The van der Waals surface area contributed by atoms with Gasteiger partial charge in [0.05, 0.1) is 29.7 Å². The maximum Gasteiger partial charge on any atom is 0.221 e. The van der Waals surface area contributed by atoms with E-state index in [0.29, 0.717) is 12.2 Å². The molecule has 0 saturated heterocycles. The molecule has 8 nitrogen and oxygen atoms in total. The first-order valence-corrected chi connectivity index (χ1v) is 10.1. The molecule has 4 aromatic rings. The van der Waals surface area contributed by atoms with Gasteiger partial charge in [-0.05, 0) is 45.2 Å². The van der Waals surface area contributed by atoms with Crippen molar-refractivity contribution in [3.8, 4) is 22.6 Å². The number of aryl methyl sites for hydroxylation is 1. The van der Waals surface area contributed by atoms with Gasteiger partial charge in [0, 0.05) is 17.3 Å². The molecule has 1 aliphatic carbocycles. The van der Waals surface area contributed by atoms with E-state index in [2.05, 4.69) is 64.3 Å². The van der Waals surface area contributed by atoms with Crippen LogP contribution in [0.15, 0.2) is 42.7 Å². The first-order valence-electron chi connectivity index (χ1n) is 10.1. The second-order valence-corrected chi connectivity index (χ2v) is 8.64. The van der Waals surface area contributed by atoms with Gasteiger partial charge >= 0.3 is 0 Å². The molecule has 0 saturated carbocycles. The Morgan fingerprint density at radius 1 is 1.03 bits per heavy atom. The molecule has 0 unspecified atom stereocenters. The van der Waals surface area contributed by atoms with E-state index in [-0.39, 0.29) is 11.5 Å². The molecular formula is C22H24N8. The van der Waals surface area contributed by atoms with Gasteiger partial charge < -0.3 is 5.73 Å². The predicted molar refractivity (Wildman–Crippen MR) is 115 cm³/mol. The van der Waals surface area contributed by atoms with E-state index in [1.807, 2.05) is 29.2 Å². The zero-order chi connectivity index (χ0) is 20.9. The number of nitrogens with zero attached hydrogens (tertiary/aromatic N) is 7. The largest absolute Gasteiger partial charge is 0.368 e. The normalized spacial score (nSPS) is 13.2. The van der Waals surface area contributed by atoms with Gasteiger partial charge in [-0.2, -0.15) is 5.10 Å². The van der Waals surface area contributed by atoms with Crippen LogP contribution in [0, 0.1) is 0 Å². The third-order valence-electron chi connectivity index (χ3n) is 5.38. The second-order valence-electron chi connectivity index (χ2n) is 8.64. The van der Waals surface area contributed by atoms with E-state index < -0.39 is 0 Å². The number of nitrogens with two attached hydrogens (primary N) is 1. The minimum absolute atomic E-state index is 0.0559. The Labute approximate surface area is 174 Å². The Balaban J connectivity index is 1.49. The third-order valence-corrected chi connectivity index (χ3v) is 5.38. The molecule has 3 aromatic heterocycles. The van der Waals surface area contributed by atoms with Crippen molar-refractivity contribution in [2.45, 2.75) is 45.7 Å². The fourth-order valence-electron chi connectivity index (χ4n) is 3.87. The number of hydrogen-bond acceptors (Lipinski definition) is 6. The number of fused-ring (bicyclic) bond motifs is 3. The molecule has 3 heterocycles. The average molecular weight is 400 g/mol. The molecule has 0 spiro atoms. The fourth-order valence-corrected chi connectivity index (χ4v) is 3.87. The van der Waals surface area contributed by atoms with Crippen LogP contribution in [-0.2, 0) is 24.9 Å². The fraction of sp³-hybridized carbons (Fsp3) is 0.318. The summed E-state index contributed by atoms with van der Waals surface area (Å²) in [6.45, 7) is 6.91. The maximum atomic E-state index is 6.06. The minimum Gasteiger partial charge on any atom is -0.368 e. The monoisotopic (exact) mass is 400 g/mol. The van der Waals surface area contributed by atoms with Gasteiger partial charge in [0.25, 0.3) is 0 Å². The molecule has 0 aliphatic heterocycles. The van der Waals surface area contributed by atoms with Crippen LogP contribution in [0.1, 0.15) is 37.6 Å². The number of hydrogen-bond donors (Lipinski definition) is 1. The van der Waals surface area contributed by atoms with E-state index >= 15 is 0 Å². The van der Waals surface area contributed by atoms with Crippen molar-refractivity contribution in [1.82, 2.24) is 34.7 Å². The van der Waals surface area contributed by atoms with Gasteiger partial charge in [-0.25, -0.2) is 14.6 Å². The zero-order valence-electron chi connectivity index (χ0n) is 17.4. The van der Waals surface area contributed by atoms with Crippen molar-refractivity contribution in [2.75, 3.05) is 5.73 Å². The summed E-state index contributed by atoms with van der Waals surface area (Å²) >= 11 is 0. The molecule has 2 N–H and O–H groups in total. The van der Waals surface area contributed by atoms with Crippen LogP contribution in [0.4, 0.5) is 5.95 Å². The Morgan fingerprint density at radius 3 is 2.63 bits per heavy atom. The average Bonchev–Trinajstić information content (AvgIpc) is 3.37. The smallest absolute Gasteiger partial charge is 0.221 e. The van der Waals surface area contributed by atoms with Crippen LogP contribution in [0.25, 0.3) is 22.6 Å². The Morgan fingerprint density at radius 2 is 1.83 bits per heavy atom. The lowest BCUT2D eigenvalue weighted by atomic mass is 9.88. The van der Waals surface area contributed by atoms with Gasteiger partial charge in [-0.1, -0.05) is 29.5 Å². The number of rotatable bonds is 3. The van der Waals surface area contributed by atoms with Gasteiger partial charge in [-0.15, -0.1) is 5.10 Å². The van der Waals surface area contributed by atoms with E-state index in [0.717, 1.165) is 41.1 Å². The van der Waals surface area contributed by atoms with Crippen LogP contribution in [0.5, 0.6) is 0 Å². The summed E-state index contributed by atoms with van der Waals surface area (Å²) in [5.41, 5.74) is 12.8. The molecule has 0 fully saturated rings. The molecule has 0 radical (unpaired) electrons. The molecule has 152 valence electrons. The lowest BCUT2D eigenvalue weighted by molar-refractivity contribution is 0.352. The first-order chi connectivity index (χ1) is 14.4. The standard InChI is InChI=1S/C22H24N8/c1-22(2,3)30-11-10-15(27-30)12-29-13-18(26-28-29)20-17-9-8-14-6-4-5-7-16(14)19(17)24-21(23)25-20/h4-7,10-11,13H,8-9,12H2,1-3H3,(H2,23,24,25). The molecule has 0 bridgehead atoms. The lowest BCUT2D eigenvalue weighted by Gasteiger charge is -2.20. The van der Waals surface area contributed by atoms with Crippen molar-refractivity contribution in [2.24, 2.45) is 0 Å². The van der Waals surface area contributed by atoms with Crippen LogP contribution >= 0.6 is 0 Å². The summed E-state index contributed by atoms with van der Waals surface area (Å²) < 4.78 is 3.74. The van der Waals surface area contributed by atoms with E-state index in [1.165, 1.54) is 5.56 Å². The highest BCUT2D eigenvalue weighted by atomic mass is 15.4. The zero-order valence-corrected chi connectivity index (χ0v) is 17.4. The molecule has 8 heteroatoms. The van der Waals surface area contributed by atoms with Crippen LogP contribution in [0.3, 0.4) is 0 Å². The molecule has 30 heavy (non-hydrogen) atoms. The van der Waals surface area contributed by atoms with Crippen molar-refractivity contribution >= 4 is 5.95 Å². The molecule has 5 rings (SSSR count). The molecule has 1 aliphatic rings. The first kappa shape index (κ1) is 18.5. The van der Waals surface area contributed by atoms with Crippen molar-refractivity contribution in [3.63, 3.8) is 0 Å². The van der Waals surface area contributed by atoms with Crippen LogP contribution in [-0.4, -0.2) is 34.7 Å². The summed E-state index contributed by atoms with van der Waals surface area (Å²) in [7, 11) is 0. The summed E-state index contributed by atoms with van der Waals surface area (Å²) in [6.07, 6.45) is 5.69. The van der Waals surface area contributed by atoms with E-state index in [4.69, 9.17) is 5.73 Å². The number of nitrogen functional groups attached to an aromatic ring is 1. The number of benzene rings is 1. The molecular weight excluding hydrogens is 376 g/mol. The van der Waals surface area contributed by atoms with Crippen molar-refractivity contribution in [3.05, 3.63) is 59.5 Å². The number of anilines is 1. The Hall–Kier alpha value is -3.55. The third kappa shape index (κ3) is 3.24. The maximum absolute atomic E-state index is 6.06. The van der Waals surface area contributed by atoms with Crippen molar-refractivity contribution < 1.29 is 0 Å². The van der Waals surface area contributed by atoms with Gasteiger partial charge in [0.1, 0.15) is 11.4 Å². The van der Waals surface area contributed by atoms with Gasteiger partial charge in [0.2, 0.25) is 5.95 Å². The van der Waals surface area contributed by atoms with Crippen molar-refractivity contribution in [1.29, 1.82) is 0 Å². The lowest BCUT2D eigenvalue weighted by Crippen LogP contribution is -2.22. The highest BCUT2D eigenvalue weighted by Gasteiger charge is 2.24. The van der Waals surface area contributed by atoms with Gasteiger partial charge in [0.15, 0.2) is 0 Å². The van der Waals surface area contributed by atoms with E-state index in [9.17, 15) is 0 Å². The summed E-state index contributed by atoms with van der Waals surface area (Å²) in [5.74, 6) is 0.249. The minimum atomic E-state index is -0.0559. The quantitative estimate of drug-likeness (QED) is 0.567. The highest BCUT2D eigenvalue weighted by molar-refractivity contribution is 5.76. The predicted octanol–water partition coefficient (Wildman–Crippen LogP) is 3.08. The number of aromatic nitrogens is 7. The summed E-state index contributed by atoms with van der Waals surface area (Å²) in [4.78, 5) is 9.06. The topological polar surface area (TPSA) is 100 Å². The van der Waals surface area contributed by atoms with Gasteiger partial charge in [-0.3, -0.25) is 4.68 Å². The van der Waals surface area contributed by atoms with Crippen LogP contribution in [0.2, 0.25) is 0 Å². The van der Waals surface area contributed by atoms with Crippen LogP contribution < -0.4 is 5.73 Å². The molecule has 1 aromatic carbocycles. The van der Waals surface area contributed by atoms with E-state index in [1.54, 1.807) is 4.68 Å². The second kappa shape index (κ2) is 6.76. The Bertz CT molecular complexity index is 1230.